The summed E-state index contributed by atoms with van der Waals surface area (Å²) in [5.41, 5.74) is 2.06. The molecule has 0 spiro atoms. The summed E-state index contributed by atoms with van der Waals surface area (Å²) >= 11 is 0. The van der Waals surface area contributed by atoms with Crippen LogP contribution < -0.4 is 0 Å². The Morgan fingerprint density at radius 3 is 2.78 bits per heavy atom. The molecular weight excluding hydrogens is 345 g/mol. The first kappa shape index (κ1) is 18.3. The summed E-state index contributed by atoms with van der Waals surface area (Å²) in [7, 11) is 0. The molecular formula is C20H18FN5O. The number of amides is 1. The lowest BCUT2D eigenvalue weighted by molar-refractivity contribution is 0.0746. The fraction of sp³-hybridized carbons (Fsp3) is 0.200. The molecule has 0 saturated carbocycles. The second-order valence-corrected chi connectivity index (χ2v) is 6.00. The monoisotopic (exact) mass is 363 g/mol. The number of para-hydroxylation sites is 1. The molecule has 3 aromatic rings. The van der Waals surface area contributed by atoms with Gasteiger partial charge in [-0.15, -0.1) is 0 Å². The maximum atomic E-state index is 14.1. The molecule has 0 aliphatic heterocycles. The second-order valence-electron chi connectivity index (χ2n) is 6.00. The largest absolute Gasteiger partial charge is 0.333 e. The number of nitriles is 1. The van der Waals surface area contributed by atoms with Gasteiger partial charge in [0.25, 0.3) is 5.91 Å². The molecule has 0 aliphatic rings. The van der Waals surface area contributed by atoms with Gasteiger partial charge in [0.2, 0.25) is 0 Å². The van der Waals surface area contributed by atoms with Gasteiger partial charge < -0.3 is 4.90 Å². The number of hydrogen-bond donors (Lipinski definition) is 0. The third-order valence-corrected chi connectivity index (χ3v) is 4.20. The third-order valence-electron chi connectivity index (χ3n) is 4.20. The van der Waals surface area contributed by atoms with Crippen LogP contribution in [0.1, 0.15) is 28.0 Å². The van der Waals surface area contributed by atoms with Crippen LogP contribution in [-0.2, 0) is 6.54 Å². The average Bonchev–Trinajstić information content (AvgIpc) is 3.07. The van der Waals surface area contributed by atoms with Crippen LogP contribution in [0.5, 0.6) is 0 Å². The molecule has 0 aliphatic carbocycles. The molecule has 6 nitrogen and oxygen atoms in total. The minimum atomic E-state index is -0.417. The Labute approximate surface area is 156 Å². The van der Waals surface area contributed by atoms with Gasteiger partial charge in [-0.3, -0.25) is 9.78 Å². The molecule has 0 radical (unpaired) electrons. The van der Waals surface area contributed by atoms with E-state index in [0.717, 1.165) is 5.56 Å². The van der Waals surface area contributed by atoms with Gasteiger partial charge in [-0.25, -0.2) is 9.07 Å². The highest BCUT2D eigenvalue weighted by Crippen LogP contribution is 2.19. The predicted molar refractivity (Wildman–Crippen MR) is 97.5 cm³/mol. The van der Waals surface area contributed by atoms with E-state index in [1.807, 2.05) is 6.07 Å². The summed E-state index contributed by atoms with van der Waals surface area (Å²) in [6, 6.07) is 12.0. The smallest absolute Gasteiger partial charge is 0.257 e. The van der Waals surface area contributed by atoms with Crippen molar-refractivity contribution in [2.75, 3.05) is 6.54 Å². The van der Waals surface area contributed by atoms with Gasteiger partial charge in [0.15, 0.2) is 0 Å². The van der Waals surface area contributed by atoms with E-state index >= 15 is 0 Å². The van der Waals surface area contributed by atoms with E-state index in [1.54, 1.807) is 48.5 Å². The van der Waals surface area contributed by atoms with Crippen LogP contribution in [0.4, 0.5) is 4.39 Å². The van der Waals surface area contributed by atoms with Crippen molar-refractivity contribution < 1.29 is 9.18 Å². The maximum absolute atomic E-state index is 14.1. The van der Waals surface area contributed by atoms with Crippen molar-refractivity contribution >= 4 is 5.91 Å². The standard InChI is InChI=1S/C20H18FN5O/c1-15-17(13-24-26(15)19-8-3-2-7-18(19)21)20(27)25(11-5-9-22)14-16-6-4-10-23-12-16/h2-4,6-8,10,12-13H,5,11,14H2,1H3. The first-order valence-electron chi connectivity index (χ1n) is 8.46. The van der Waals surface area contributed by atoms with Gasteiger partial charge in [0, 0.05) is 25.5 Å². The minimum Gasteiger partial charge on any atom is -0.333 e. The van der Waals surface area contributed by atoms with E-state index in [0.29, 0.717) is 17.8 Å². The number of benzene rings is 1. The van der Waals surface area contributed by atoms with E-state index < -0.39 is 5.82 Å². The topological polar surface area (TPSA) is 74.8 Å². The van der Waals surface area contributed by atoms with Gasteiger partial charge >= 0.3 is 0 Å². The van der Waals surface area contributed by atoms with Gasteiger partial charge in [-0.1, -0.05) is 18.2 Å². The molecule has 3 rings (SSSR count). The molecule has 0 fully saturated rings. The zero-order valence-electron chi connectivity index (χ0n) is 14.8. The van der Waals surface area contributed by atoms with Crippen molar-refractivity contribution in [1.29, 1.82) is 5.26 Å². The van der Waals surface area contributed by atoms with E-state index in [9.17, 15) is 9.18 Å². The zero-order valence-corrected chi connectivity index (χ0v) is 14.8. The molecule has 136 valence electrons. The van der Waals surface area contributed by atoms with Crippen LogP contribution in [0.2, 0.25) is 0 Å². The Morgan fingerprint density at radius 2 is 2.07 bits per heavy atom. The Bertz CT molecular complexity index is 978. The molecule has 2 heterocycles. The van der Waals surface area contributed by atoms with Gasteiger partial charge in [-0.2, -0.15) is 10.4 Å². The molecule has 1 amide bonds. The van der Waals surface area contributed by atoms with Crippen molar-refractivity contribution in [2.45, 2.75) is 19.9 Å². The quantitative estimate of drug-likeness (QED) is 0.674. The number of pyridine rings is 1. The lowest BCUT2D eigenvalue weighted by Gasteiger charge is -2.21. The second kappa shape index (κ2) is 8.23. The summed E-state index contributed by atoms with van der Waals surface area (Å²) in [6.07, 6.45) is 5.00. The number of rotatable bonds is 6. The third kappa shape index (κ3) is 4.01. The van der Waals surface area contributed by atoms with E-state index in [-0.39, 0.29) is 24.6 Å². The molecule has 27 heavy (non-hydrogen) atoms. The molecule has 7 heteroatoms. The SMILES string of the molecule is Cc1c(C(=O)N(CCC#N)Cc2cccnc2)cnn1-c1ccccc1F. The molecule has 0 unspecified atom stereocenters. The Hall–Kier alpha value is -3.53. The van der Waals surface area contributed by atoms with E-state index in [2.05, 4.69) is 16.2 Å². The van der Waals surface area contributed by atoms with Crippen LogP contribution in [0.15, 0.2) is 55.0 Å². The van der Waals surface area contributed by atoms with Gasteiger partial charge in [0.1, 0.15) is 11.5 Å². The highest BCUT2D eigenvalue weighted by molar-refractivity contribution is 5.95. The van der Waals surface area contributed by atoms with Crippen molar-refractivity contribution in [1.82, 2.24) is 19.7 Å². The molecule has 0 bridgehead atoms. The van der Waals surface area contributed by atoms with Crippen LogP contribution in [0.25, 0.3) is 5.69 Å². The van der Waals surface area contributed by atoms with Crippen LogP contribution in [0, 0.1) is 24.1 Å². The van der Waals surface area contributed by atoms with Crippen molar-refractivity contribution in [3.05, 3.63) is 77.6 Å². The lowest BCUT2D eigenvalue weighted by Crippen LogP contribution is -2.31. The Morgan fingerprint density at radius 1 is 1.26 bits per heavy atom. The van der Waals surface area contributed by atoms with Crippen LogP contribution in [-0.4, -0.2) is 32.1 Å². The number of halogens is 1. The first-order chi connectivity index (χ1) is 13.1. The first-order valence-corrected chi connectivity index (χ1v) is 8.46. The molecule has 0 saturated heterocycles. The van der Waals surface area contributed by atoms with Crippen LogP contribution in [0.3, 0.4) is 0 Å². The molecule has 2 aromatic heterocycles. The fourth-order valence-electron chi connectivity index (χ4n) is 2.81. The number of nitrogens with zero attached hydrogens (tertiary/aromatic N) is 5. The predicted octanol–water partition coefficient (Wildman–Crippen LogP) is 3.27. The summed E-state index contributed by atoms with van der Waals surface area (Å²) < 4.78 is 15.5. The summed E-state index contributed by atoms with van der Waals surface area (Å²) in [5.74, 6) is -0.673. The number of hydrogen-bond acceptors (Lipinski definition) is 4. The zero-order chi connectivity index (χ0) is 19.2. The van der Waals surface area contributed by atoms with Crippen LogP contribution >= 0.6 is 0 Å². The Balaban J connectivity index is 1.90. The molecule has 1 aromatic carbocycles. The van der Waals surface area contributed by atoms with Crippen molar-refractivity contribution in [3.8, 4) is 11.8 Å². The number of aromatic nitrogens is 3. The van der Waals surface area contributed by atoms with Crippen molar-refractivity contribution in [3.63, 3.8) is 0 Å². The highest BCUT2D eigenvalue weighted by Gasteiger charge is 2.22. The summed E-state index contributed by atoms with van der Waals surface area (Å²) in [5, 5.41) is 13.1. The highest BCUT2D eigenvalue weighted by atomic mass is 19.1. The molecule has 0 N–H and O–H groups in total. The fourth-order valence-corrected chi connectivity index (χ4v) is 2.81. The number of carbonyl (C=O) groups excluding carboxylic acids is 1. The lowest BCUT2D eigenvalue weighted by atomic mass is 10.2. The van der Waals surface area contributed by atoms with E-state index in [1.165, 1.54) is 16.9 Å². The van der Waals surface area contributed by atoms with E-state index in [4.69, 9.17) is 5.26 Å². The number of carbonyl (C=O) groups is 1. The maximum Gasteiger partial charge on any atom is 0.257 e. The summed E-state index contributed by atoms with van der Waals surface area (Å²) in [4.78, 5) is 18.7. The minimum absolute atomic E-state index is 0.215. The van der Waals surface area contributed by atoms with Gasteiger partial charge in [0.05, 0.1) is 29.9 Å². The Kier molecular flexibility index (Phi) is 5.57. The summed E-state index contributed by atoms with van der Waals surface area (Å²) in [6.45, 7) is 2.34. The molecule has 0 atom stereocenters. The normalized spacial score (nSPS) is 10.4. The van der Waals surface area contributed by atoms with Gasteiger partial charge in [-0.05, 0) is 30.7 Å². The average molecular weight is 363 g/mol. The van der Waals surface area contributed by atoms with Crippen molar-refractivity contribution in [2.24, 2.45) is 0 Å².